The molecule has 19 heavy (non-hydrogen) atoms. The van der Waals surface area contributed by atoms with E-state index in [1.807, 2.05) is 32.0 Å². The summed E-state index contributed by atoms with van der Waals surface area (Å²) >= 11 is 0. The Hall–Kier alpha value is -0.390. The third-order valence-corrected chi connectivity index (χ3v) is 4.06. The van der Waals surface area contributed by atoms with Crippen LogP contribution in [0.25, 0.3) is 10.8 Å². The van der Waals surface area contributed by atoms with Gasteiger partial charge in [-0.15, -0.1) is 0 Å². The molecule has 0 fully saturated rings. The summed E-state index contributed by atoms with van der Waals surface area (Å²) in [7, 11) is -4.41. The summed E-state index contributed by atoms with van der Waals surface area (Å²) in [5.74, 6) is 0. The van der Waals surface area contributed by atoms with Gasteiger partial charge in [-0.2, -0.15) is 0 Å². The standard InChI is InChI=1S/C14H16O3S.Na/c1-3-10-5-6-12-8-11(4-2)14(18(15,16)17)9-13(12)7-10;/h5-9H,3-4H2,1-2H3,(H,15,16,17);/q;+1/p-1. The van der Waals surface area contributed by atoms with Gasteiger partial charge in [0, 0.05) is 0 Å². The van der Waals surface area contributed by atoms with Crippen LogP contribution >= 0.6 is 0 Å². The monoisotopic (exact) mass is 286 g/mol. The zero-order chi connectivity index (χ0) is 13.3. The number of benzene rings is 2. The Bertz CT molecular complexity index is 693. The molecule has 0 bridgehead atoms. The van der Waals surface area contributed by atoms with Crippen LogP contribution in [0.1, 0.15) is 25.0 Å². The first-order valence-corrected chi connectivity index (χ1v) is 7.38. The summed E-state index contributed by atoms with van der Waals surface area (Å²) in [6.07, 6.45) is 1.41. The molecule has 0 saturated heterocycles. The molecular formula is C14H15NaO3S. The summed E-state index contributed by atoms with van der Waals surface area (Å²) < 4.78 is 33.8. The largest absolute Gasteiger partial charge is 1.00 e. The van der Waals surface area contributed by atoms with Gasteiger partial charge >= 0.3 is 29.6 Å². The minimum atomic E-state index is -4.41. The molecule has 3 nitrogen and oxygen atoms in total. The van der Waals surface area contributed by atoms with Gasteiger partial charge in [0.15, 0.2) is 0 Å². The van der Waals surface area contributed by atoms with Crippen LogP contribution < -0.4 is 29.6 Å². The van der Waals surface area contributed by atoms with Gasteiger partial charge in [0.25, 0.3) is 0 Å². The molecule has 0 aliphatic heterocycles. The van der Waals surface area contributed by atoms with E-state index in [1.165, 1.54) is 6.07 Å². The molecule has 2 rings (SSSR count). The second kappa shape index (κ2) is 6.37. The molecule has 0 N–H and O–H groups in total. The predicted octanol–water partition coefficient (Wildman–Crippen LogP) is -0.127. The van der Waals surface area contributed by atoms with E-state index in [0.717, 1.165) is 22.8 Å². The van der Waals surface area contributed by atoms with Crippen molar-refractivity contribution in [2.75, 3.05) is 0 Å². The number of hydrogen-bond donors (Lipinski definition) is 0. The summed E-state index contributed by atoms with van der Waals surface area (Å²) in [5.41, 5.74) is 1.71. The van der Waals surface area contributed by atoms with Gasteiger partial charge in [0.05, 0.1) is 4.90 Å². The molecule has 0 heterocycles. The molecular weight excluding hydrogens is 271 g/mol. The molecule has 0 aliphatic rings. The Balaban J connectivity index is 0.00000180. The summed E-state index contributed by atoms with van der Waals surface area (Å²) in [4.78, 5) is -0.0919. The van der Waals surface area contributed by atoms with E-state index >= 15 is 0 Å². The van der Waals surface area contributed by atoms with Crippen molar-refractivity contribution >= 4 is 20.9 Å². The average Bonchev–Trinajstić information content (AvgIpc) is 2.35. The van der Waals surface area contributed by atoms with Crippen LogP contribution in [-0.4, -0.2) is 13.0 Å². The van der Waals surface area contributed by atoms with Crippen LogP contribution in [0.4, 0.5) is 0 Å². The Morgan fingerprint density at radius 1 is 1.00 bits per heavy atom. The second-order valence-electron chi connectivity index (χ2n) is 4.30. The first-order valence-electron chi connectivity index (χ1n) is 5.97. The van der Waals surface area contributed by atoms with Gasteiger partial charge in [0.2, 0.25) is 0 Å². The Morgan fingerprint density at radius 2 is 1.68 bits per heavy atom. The zero-order valence-corrected chi connectivity index (χ0v) is 14.3. The molecule has 0 unspecified atom stereocenters. The molecule has 2 aromatic rings. The predicted molar refractivity (Wildman–Crippen MR) is 70.7 cm³/mol. The van der Waals surface area contributed by atoms with Crippen LogP contribution in [0.15, 0.2) is 35.2 Å². The number of rotatable bonds is 3. The maximum Gasteiger partial charge on any atom is 1.00 e. The van der Waals surface area contributed by atoms with Crippen LogP contribution in [0, 0.1) is 0 Å². The quantitative estimate of drug-likeness (QED) is 0.583. The fraction of sp³-hybridized carbons (Fsp3) is 0.286. The molecule has 0 spiro atoms. The number of aryl methyl sites for hydroxylation is 2. The third kappa shape index (κ3) is 3.58. The molecule has 0 atom stereocenters. The molecule has 0 saturated carbocycles. The fourth-order valence-electron chi connectivity index (χ4n) is 2.10. The Kier molecular flexibility index (Phi) is 5.59. The summed E-state index contributed by atoms with van der Waals surface area (Å²) in [6, 6.07) is 9.21. The van der Waals surface area contributed by atoms with E-state index in [0.29, 0.717) is 12.0 Å². The Labute approximate surface area is 136 Å². The summed E-state index contributed by atoms with van der Waals surface area (Å²) in [6.45, 7) is 3.88. The van der Waals surface area contributed by atoms with Crippen molar-refractivity contribution in [3.05, 3.63) is 41.5 Å². The molecule has 0 aliphatic carbocycles. The molecule has 0 radical (unpaired) electrons. The average molecular weight is 286 g/mol. The van der Waals surface area contributed by atoms with Crippen molar-refractivity contribution in [3.8, 4) is 0 Å². The molecule has 2 aromatic carbocycles. The van der Waals surface area contributed by atoms with Gasteiger partial charge in [-0.05, 0) is 46.9 Å². The van der Waals surface area contributed by atoms with E-state index in [4.69, 9.17) is 0 Å². The van der Waals surface area contributed by atoms with E-state index in [-0.39, 0.29) is 34.5 Å². The van der Waals surface area contributed by atoms with Crippen molar-refractivity contribution in [2.24, 2.45) is 0 Å². The maximum atomic E-state index is 11.3. The first-order chi connectivity index (χ1) is 8.45. The number of hydrogen-bond acceptors (Lipinski definition) is 3. The van der Waals surface area contributed by atoms with Crippen LogP contribution in [0.5, 0.6) is 0 Å². The van der Waals surface area contributed by atoms with Crippen molar-refractivity contribution in [1.29, 1.82) is 0 Å². The zero-order valence-electron chi connectivity index (χ0n) is 11.4. The maximum absolute atomic E-state index is 11.3. The van der Waals surface area contributed by atoms with Gasteiger partial charge in [-0.1, -0.05) is 32.0 Å². The smallest absolute Gasteiger partial charge is 0.744 e. The minimum Gasteiger partial charge on any atom is -0.744 e. The van der Waals surface area contributed by atoms with Crippen LogP contribution in [0.2, 0.25) is 0 Å². The van der Waals surface area contributed by atoms with Crippen LogP contribution in [-0.2, 0) is 23.0 Å². The van der Waals surface area contributed by atoms with Gasteiger partial charge in [-0.3, -0.25) is 0 Å². The molecule has 96 valence electrons. The Morgan fingerprint density at radius 3 is 2.21 bits per heavy atom. The van der Waals surface area contributed by atoms with Gasteiger partial charge < -0.3 is 4.55 Å². The van der Waals surface area contributed by atoms with E-state index < -0.39 is 10.1 Å². The van der Waals surface area contributed by atoms with Crippen molar-refractivity contribution in [1.82, 2.24) is 0 Å². The SMILES string of the molecule is CCc1ccc2cc(CC)c(S(=O)(=O)[O-])cc2c1.[Na+]. The van der Waals surface area contributed by atoms with Crippen molar-refractivity contribution < 1.29 is 42.5 Å². The normalized spacial score (nSPS) is 11.3. The summed E-state index contributed by atoms with van der Waals surface area (Å²) in [5, 5.41) is 1.78. The van der Waals surface area contributed by atoms with Gasteiger partial charge in [-0.25, -0.2) is 8.42 Å². The van der Waals surface area contributed by atoms with E-state index in [9.17, 15) is 13.0 Å². The van der Waals surface area contributed by atoms with E-state index in [1.54, 1.807) is 6.07 Å². The minimum absolute atomic E-state index is 0. The molecule has 0 amide bonds. The number of fused-ring (bicyclic) bond motifs is 1. The van der Waals surface area contributed by atoms with Gasteiger partial charge in [0.1, 0.15) is 10.1 Å². The molecule has 0 aromatic heterocycles. The van der Waals surface area contributed by atoms with Crippen molar-refractivity contribution in [3.63, 3.8) is 0 Å². The third-order valence-electron chi connectivity index (χ3n) is 3.14. The topological polar surface area (TPSA) is 57.2 Å². The van der Waals surface area contributed by atoms with E-state index in [2.05, 4.69) is 0 Å². The van der Waals surface area contributed by atoms with Crippen molar-refractivity contribution in [2.45, 2.75) is 31.6 Å². The van der Waals surface area contributed by atoms with Crippen LogP contribution in [0.3, 0.4) is 0 Å². The molecule has 5 heteroatoms. The first kappa shape index (κ1) is 16.7. The fourth-order valence-corrected chi connectivity index (χ4v) is 2.90. The second-order valence-corrected chi connectivity index (χ2v) is 5.65.